The van der Waals surface area contributed by atoms with E-state index in [1.165, 1.54) is 26.0 Å². The summed E-state index contributed by atoms with van der Waals surface area (Å²) in [4.78, 5) is 16.4. The zero-order chi connectivity index (χ0) is 21.5. The normalized spacial score (nSPS) is 10.8. The molecule has 0 spiro atoms. The van der Waals surface area contributed by atoms with Crippen LogP contribution in [0.25, 0.3) is 22.2 Å². The Bertz CT molecular complexity index is 1030. The number of ether oxygens (including phenoxy) is 3. The molecule has 1 heterocycles. The average Bonchev–Trinajstić information content (AvgIpc) is 2.77. The van der Waals surface area contributed by atoms with Gasteiger partial charge in [-0.05, 0) is 36.8 Å². The van der Waals surface area contributed by atoms with Crippen LogP contribution in [0.4, 0.5) is 0 Å². The standard InChI is InChI=1S/C24H27NO5/c1-4-5-6-7-13-30-20-12-11-16(14-22(20)29-3)19-15-18(24(26)27)17-9-8-10-21(28-2)23(17)25-19/h8-12,14-15H,4-7,13H2,1-3H3,(H,26,27)/p-1. The molecule has 0 N–H and O–H groups in total. The van der Waals surface area contributed by atoms with E-state index in [1.54, 1.807) is 31.4 Å². The lowest BCUT2D eigenvalue weighted by atomic mass is 10.0. The zero-order valence-corrected chi connectivity index (χ0v) is 17.6. The highest BCUT2D eigenvalue weighted by molar-refractivity contribution is 6.04. The maximum atomic E-state index is 11.7. The van der Waals surface area contributed by atoms with Crippen LogP contribution >= 0.6 is 0 Å². The van der Waals surface area contributed by atoms with E-state index in [9.17, 15) is 9.90 Å². The topological polar surface area (TPSA) is 80.7 Å². The molecule has 0 unspecified atom stereocenters. The molecule has 0 bridgehead atoms. The van der Waals surface area contributed by atoms with Crippen molar-refractivity contribution in [1.29, 1.82) is 0 Å². The van der Waals surface area contributed by atoms with Gasteiger partial charge in [0.05, 0.1) is 32.5 Å². The molecule has 0 aliphatic rings. The first kappa shape index (κ1) is 21.4. The summed E-state index contributed by atoms with van der Waals surface area (Å²) in [5.74, 6) is 0.447. The summed E-state index contributed by atoms with van der Waals surface area (Å²) in [6.45, 7) is 2.79. The molecule has 0 aliphatic carbocycles. The van der Waals surface area contributed by atoms with Crippen LogP contribution in [0.3, 0.4) is 0 Å². The first-order valence-electron chi connectivity index (χ1n) is 10.1. The quantitative estimate of drug-likeness (QED) is 0.467. The van der Waals surface area contributed by atoms with Crippen LogP contribution < -0.4 is 19.3 Å². The summed E-state index contributed by atoms with van der Waals surface area (Å²) in [6.07, 6.45) is 4.48. The number of aromatic nitrogens is 1. The van der Waals surface area contributed by atoms with Crippen molar-refractivity contribution >= 4 is 16.9 Å². The number of carbonyl (C=O) groups excluding carboxylic acids is 1. The van der Waals surface area contributed by atoms with E-state index in [2.05, 4.69) is 11.9 Å². The molecule has 0 atom stereocenters. The van der Waals surface area contributed by atoms with Crippen molar-refractivity contribution < 1.29 is 24.1 Å². The summed E-state index contributed by atoms with van der Waals surface area (Å²) >= 11 is 0. The molecule has 0 amide bonds. The van der Waals surface area contributed by atoms with Gasteiger partial charge in [-0.15, -0.1) is 0 Å². The Hall–Kier alpha value is -3.28. The third-order valence-corrected chi connectivity index (χ3v) is 4.96. The lowest BCUT2D eigenvalue weighted by Crippen LogP contribution is -2.22. The van der Waals surface area contributed by atoms with Crippen LogP contribution in [0.15, 0.2) is 42.5 Å². The van der Waals surface area contributed by atoms with Crippen LogP contribution in [-0.4, -0.2) is 31.8 Å². The number of pyridine rings is 1. The Morgan fingerprint density at radius 2 is 1.77 bits per heavy atom. The van der Waals surface area contributed by atoms with Crippen LogP contribution in [0.1, 0.15) is 43.0 Å². The van der Waals surface area contributed by atoms with Gasteiger partial charge in [0.15, 0.2) is 11.5 Å². The van der Waals surface area contributed by atoms with E-state index >= 15 is 0 Å². The summed E-state index contributed by atoms with van der Waals surface area (Å²) < 4.78 is 16.7. The number of hydrogen-bond donors (Lipinski definition) is 0. The highest BCUT2D eigenvalue weighted by Crippen LogP contribution is 2.35. The maximum Gasteiger partial charge on any atom is 0.161 e. The third-order valence-electron chi connectivity index (χ3n) is 4.96. The van der Waals surface area contributed by atoms with E-state index in [0.717, 1.165) is 12.8 Å². The average molecular weight is 408 g/mol. The van der Waals surface area contributed by atoms with E-state index in [1.807, 2.05) is 12.1 Å². The number of rotatable bonds is 10. The summed E-state index contributed by atoms with van der Waals surface area (Å²) in [5, 5.41) is 12.2. The monoisotopic (exact) mass is 408 g/mol. The van der Waals surface area contributed by atoms with Gasteiger partial charge >= 0.3 is 0 Å². The Morgan fingerprint density at radius 1 is 0.967 bits per heavy atom. The predicted octanol–water partition coefficient (Wildman–Crippen LogP) is 4.24. The van der Waals surface area contributed by atoms with Gasteiger partial charge in [-0.25, -0.2) is 4.98 Å². The van der Waals surface area contributed by atoms with Crippen molar-refractivity contribution in [2.75, 3.05) is 20.8 Å². The number of carboxylic acids is 1. The number of methoxy groups -OCH3 is 2. The number of fused-ring (bicyclic) bond motifs is 1. The lowest BCUT2D eigenvalue weighted by molar-refractivity contribution is -0.254. The number of carbonyl (C=O) groups is 1. The molecule has 158 valence electrons. The van der Waals surface area contributed by atoms with Gasteiger partial charge in [-0.2, -0.15) is 0 Å². The van der Waals surface area contributed by atoms with Crippen LogP contribution in [0.5, 0.6) is 17.2 Å². The van der Waals surface area contributed by atoms with Crippen molar-refractivity contribution in [3.8, 4) is 28.5 Å². The summed E-state index contributed by atoms with van der Waals surface area (Å²) in [6, 6.07) is 12.1. The van der Waals surface area contributed by atoms with E-state index in [-0.39, 0.29) is 5.56 Å². The molecule has 6 nitrogen and oxygen atoms in total. The molecule has 1 aromatic heterocycles. The molecule has 0 saturated heterocycles. The van der Waals surface area contributed by atoms with E-state index < -0.39 is 5.97 Å². The zero-order valence-electron chi connectivity index (χ0n) is 17.6. The van der Waals surface area contributed by atoms with Crippen molar-refractivity contribution in [3.05, 3.63) is 48.0 Å². The molecule has 3 rings (SSSR count). The number of carboxylic acid groups (broad SMARTS) is 1. The largest absolute Gasteiger partial charge is 0.545 e. The minimum absolute atomic E-state index is 0.0594. The van der Waals surface area contributed by atoms with Gasteiger partial charge < -0.3 is 24.1 Å². The van der Waals surface area contributed by atoms with Gasteiger partial charge in [0.25, 0.3) is 0 Å². The fraction of sp³-hybridized carbons (Fsp3) is 0.333. The Kier molecular flexibility index (Phi) is 7.12. The Labute approximate surface area is 176 Å². The highest BCUT2D eigenvalue weighted by Gasteiger charge is 2.14. The fourth-order valence-electron chi connectivity index (χ4n) is 3.36. The van der Waals surface area contributed by atoms with Crippen LogP contribution in [0.2, 0.25) is 0 Å². The van der Waals surface area contributed by atoms with Crippen molar-refractivity contribution in [1.82, 2.24) is 4.98 Å². The van der Waals surface area contributed by atoms with E-state index in [4.69, 9.17) is 14.2 Å². The predicted molar refractivity (Wildman–Crippen MR) is 114 cm³/mol. The Morgan fingerprint density at radius 3 is 2.47 bits per heavy atom. The second-order valence-electron chi connectivity index (χ2n) is 6.97. The van der Waals surface area contributed by atoms with Gasteiger partial charge in [0.1, 0.15) is 11.3 Å². The molecule has 2 aromatic carbocycles. The molecule has 30 heavy (non-hydrogen) atoms. The minimum atomic E-state index is -1.27. The number of aromatic carboxylic acids is 1. The lowest BCUT2D eigenvalue weighted by Gasteiger charge is -2.15. The highest BCUT2D eigenvalue weighted by atomic mass is 16.5. The number of para-hydroxylation sites is 1. The number of benzene rings is 2. The maximum absolute atomic E-state index is 11.7. The van der Waals surface area contributed by atoms with Crippen LogP contribution in [0, 0.1) is 0 Å². The van der Waals surface area contributed by atoms with Crippen molar-refractivity contribution in [2.24, 2.45) is 0 Å². The van der Waals surface area contributed by atoms with Crippen molar-refractivity contribution in [3.63, 3.8) is 0 Å². The molecule has 0 saturated carbocycles. The van der Waals surface area contributed by atoms with Gasteiger partial charge in [-0.3, -0.25) is 0 Å². The first-order chi connectivity index (χ1) is 14.6. The Balaban J connectivity index is 1.97. The molecular formula is C24H26NO5-. The molecular weight excluding hydrogens is 382 g/mol. The molecule has 0 radical (unpaired) electrons. The first-order valence-corrected chi connectivity index (χ1v) is 10.1. The van der Waals surface area contributed by atoms with Gasteiger partial charge in [-0.1, -0.05) is 38.3 Å². The molecule has 0 aliphatic heterocycles. The fourth-order valence-corrected chi connectivity index (χ4v) is 3.36. The SMILES string of the molecule is CCCCCCOc1ccc(-c2cc(C(=O)[O-])c3cccc(OC)c3n2)cc1OC. The number of hydrogen-bond acceptors (Lipinski definition) is 6. The van der Waals surface area contributed by atoms with Gasteiger partial charge in [0.2, 0.25) is 0 Å². The molecule has 3 aromatic rings. The number of unbranched alkanes of at least 4 members (excludes halogenated alkanes) is 3. The summed E-state index contributed by atoms with van der Waals surface area (Å²) in [7, 11) is 3.10. The van der Waals surface area contributed by atoms with Crippen molar-refractivity contribution in [2.45, 2.75) is 32.6 Å². The second kappa shape index (κ2) is 9.96. The van der Waals surface area contributed by atoms with Gasteiger partial charge in [0, 0.05) is 16.5 Å². The summed E-state index contributed by atoms with van der Waals surface area (Å²) in [5.41, 5.74) is 1.72. The van der Waals surface area contributed by atoms with E-state index in [0.29, 0.717) is 46.0 Å². The smallest absolute Gasteiger partial charge is 0.161 e. The third kappa shape index (κ3) is 4.64. The minimum Gasteiger partial charge on any atom is -0.545 e. The second-order valence-corrected chi connectivity index (χ2v) is 6.97. The molecule has 6 heteroatoms. The molecule has 0 fully saturated rings. The number of nitrogens with zero attached hydrogens (tertiary/aromatic N) is 1. The van der Waals surface area contributed by atoms with Crippen LogP contribution in [-0.2, 0) is 0 Å².